The summed E-state index contributed by atoms with van der Waals surface area (Å²) >= 11 is 1.62. The monoisotopic (exact) mass is 214 g/mol. The Hall–Kier alpha value is -0.350. The maximum absolute atomic E-state index is 10.4. The minimum absolute atomic E-state index is 0. The van der Waals surface area contributed by atoms with Crippen LogP contribution in [0.4, 0.5) is 0 Å². The van der Waals surface area contributed by atoms with E-state index >= 15 is 0 Å². The fourth-order valence-corrected chi connectivity index (χ4v) is 2.25. The van der Waals surface area contributed by atoms with Crippen molar-refractivity contribution >= 4 is 29.0 Å². The van der Waals surface area contributed by atoms with Crippen molar-refractivity contribution in [1.29, 1.82) is 0 Å². The summed E-state index contributed by atoms with van der Waals surface area (Å²) in [6, 6.07) is 1.94. The second kappa shape index (κ2) is 4.94. The SMILES string of the molecule is O=C([O-])/C=C1/CC=Cc2sccc21.[Na+]. The summed E-state index contributed by atoms with van der Waals surface area (Å²) in [6.45, 7) is 0. The van der Waals surface area contributed by atoms with Gasteiger partial charge in [0, 0.05) is 4.88 Å². The minimum Gasteiger partial charge on any atom is -0.545 e. The maximum atomic E-state index is 10.4. The number of hydrogen-bond donors (Lipinski definition) is 0. The standard InChI is InChI=1S/C10H8O2S.Na/c11-10(12)6-7-2-1-3-9-8(7)4-5-13-9;/h1,3-6H,2H2,(H,11,12);/q;+1/p-1/b7-6-;. The van der Waals surface area contributed by atoms with Crippen LogP contribution in [-0.2, 0) is 4.79 Å². The Bertz CT molecular complexity index is 404. The van der Waals surface area contributed by atoms with Gasteiger partial charge in [-0.2, -0.15) is 0 Å². The summed E-state index contributed by atoms with van der Waals surface area (Å²) in [5.74, 6) is -1.12. The molecule has 2 nitrogen and oxygen atoms in total. The molecule has 1 aromatic heterocycles. The molecule has 0 radical (unpaired) electrons. The van der Waals surface area contributed by atoms with E-state index in [0.29, 0.717) is 6.42 Å². The first kappa shape index (κ1) is 11.7. The second-order valence-electron chi connectivity index (χ2n) is 2.79. The fourth-order valence-electron chi connectivity index (χ4n) is 1.40. The van der Waals surface area contributed by atoms with Gasteiger partial charge in [-0.1, -0.05) is 6.08 Å². The molecular formula is C10H7NaO2S. The summed E-state index contributed by atoms with van der Waals surface area (Å²) in [4.78, 5) is 11.5. The van der Waals surface area contributed by atoms with Gasteiger partial charge in [0.1, 0.15) is 0 Å². The van der Waals surface area contributed by atoms with E-state index in [1.165, 1.54) is 6.08 Å². The number of fused-ring (bicyclic) bond motifs is 1. The van der Waals surface area contributed by atoms with E-state index < -0.39 is 5.97 Å². The molecule has 0 atom stereocenters. The molecule has 0 saturated carbocycles. The van der Waals surface area contributed by atoms with Crippen LogP contribution >= 0.6 is 11.3 Å². The van der Waals surface area contributed by atoms with Gasteiger partial charge in [-0.3, -0.25) is 0 Å². The number of allylic oxidation sites excluding steroid dienone is 2. The molecule has 1 aliphatic carbocycles. The third-order valence-corrected chi connectivity index (χ3v) is 2.82. The Morgan fingerprint density at radius 3 is 3.07 bits per heavy atom. The summed E-state index contributed by atoms with van der Waals surface area (Å²) in [5, 5.41) is 12.4. The first-order valence-electron chi connectivity index (χ1n) is 3.93. The van der Waals surface area contributed by atoms with Crippen molar-refractivity contribution in [2.24, 2.45) is 0 Å². The van der Waals surface area contributed by atoms with E-state index in [1.54, 1.807) is 11.3 Å². The quantitative estimate of drug-likeness (QED) is 0.413. The zero-order valence-corrected chi connectivity index (χ0v) is 10.6. The van der Waals surface area contributed by atoms with E-state index in [9.17, 15) is 9.90 Å². The molecule has 14 heavy (non-hydrogen) atoms. The van der Waals surface area contributed by atoms with Gasteiger partial charge < -0.3 is 9.90 Å². The molecule has 0 aromatic carbocycles. The van der Waals surface area contributed by atoms with Crippen molar-refractivity contribution in [2.45, 2.75) is 6.42 Å². The first-order valence-corrected chi connectivity index (χ1v) is 4.81. The van der Waals surface area contributed by atoms with Crippen molar-refractivity contribution in [3.8, 4) is 0 Å². The van der Waals surface area contributed by atoms with Gasteiger partial charge >= 0.3 is 29.6 Å². The summed E-state index contributed by atoms with van der Waals surface area (Å²) in [7, 11) is 0. The third kappa shape index (κ3) is 2.36. The van der Waals surface area contributed by atoms with E-state index in [4.69, 9.17) is 0 Å². The molecule has 66 valence electrons. The molecule has 1 aliphatic rings. The average Bonchev–Trinajstić information content (AvgIpc) is 2.51. The maximum Gasteiger partial charge on any atom is 1.00 e. The van der Waals surface area contributed by atoms with Crippen LogP contribution in [0, 0.1) is 0 Å². The molecule has 0 saturated heterocycles. The number of aliphatic carboxylic acids is 1. The number of carbonyl (C=O) groups excluding carboxylic acids is 1. The Morgan fingerprint density at radius 1 is 1.57 bits per heavy atom. The van der Waals surface area contributed by atoms with E-state index in [-0.39, 0.29) is 29.6 Å². The molecule has 0 fully saturated rings. The van der Waals surface area contributed by atoms with Gasteiger partial charge in [0.15, 0.2) is 0 Å². The number of carboxylic acids is 1. The second-order valence-corrected chi connectivity index (χ2v) is 3.74. The summed E-state index contributed by atoms with van der Waals surface area (Å²) in [6.07, 6.45) is 5.84. The predicted octanol–water partition coefficient (Wildman–Crippen LogP) is -1.70. The smallest absolute Gasteiger partial charge is 0.545 e. The predicted molar refractivity (Wildman–Crippen MR) is 51.0 cm³/mol. The number of carbonyl (C=O) groups is 1. The minimum atomic E-state index is -1.12. The molecule has 0 amide bonds. The third-order valence-electron chi connectivity index (χ3n) is 1.94. The van der Waals surface area contributed by atoms with Gasteiger partial charge in [0.05, 0.1) is 5.97 Å². The molecule has 0 aliphatic heterocycles. The van der Waals surface area contributed by atoms with Crippen molar-refractivity contribution in [2.75, 3.05) is 0 Å². The molecule has 0 N–H and O–H groups in total. The summed E-state index contributed by atoms with van der Waals surface area (Å²) in [5.41, 5.74) is 1.86. The van der Waals surface area contributed by atoms with E-state index in [2.05, 4.69) is 0 Å². The largest absolute Gasteiger partial charge is 1.00 e. The molecule has 1 heterocycles. The zero-order chi connectivity index (χ0) is 9.26. The van der Waals surface area contributed by atoms with Crippen LogP contribution in [-0.4, -0.2) is 5.97 Å². The van der Waals surface area contributed by atoms with Crippen LogP contribution in [0.15, 0.2) is 23.6 Å². The van der Waals surface area contributed by atoms with E-state index in [0.717, 1.165) is 16.0 Å². The van der Waals surface area contributed by atoms with Gasteiger partial charge in [0.25, 0.3) is 0 Å². The van der Waals surface area contributed by atoms with Gasteiger partial charge in [-0.15, -0.1) is 11.3 Å². The topological polar surface area (TPSA) is 40.1 Å². The molecule has 0 unspecified atom stereocenters. The first-order chi connectivity index (χ1) is 6.27. The Labute approximate surface area is 108 Å². The van der Waals surface area contributed by atoms with Crippen LogP contribution in [0.1, 0.15) is 16.9 Å². The summed E-state index contributed by atoms with van der Waals surface area (Å²) < 4.78 is 0. The normalized spacial score (nSPS) is 16.1. The number of rotatable bonds is 1. The molecule has 0 spiro atoms. The van der Waals surface area contributed by atoms with Crippen molar-refractivity contribution < 1.29 is 39.5 Å². The van der Waals surface area contributed by atoms with Crippen molar-refractivity contribution in [3.05, 3.63) is 34.0 Å². The van der Waals surface area contributed by atoms with Crippen LogP contribution in [0.2, 0.25) is 0 Å². The van der Waals surface area contributed by atoms with Crippen LogP contribution in [0.3, 0.4) is 0 Å². The van der Waals surface area contributed by atoms with Crippen LogP contribution < -0.4 is 34.7 Å². The molecule has 1 aromatic rings. The molecule has 0 bridgehead atoms. The zero-order valence-electron chi connectivity index (χ0n) is 7.82. The van der Waals surface area contributed by atoms with Gasteiger partial charge in [0.2, 0.25) is 0 Å². The number of hydrogen-bond acceptors (Lipinski definition) is 3. The van der Waals surface area contributed by atoms with Crippen molar-refractivity contribution in [3.63, 3.8) is 0 Å². The molecule has 4 heteroatoms. The van der Waals surface area contributed by atoms with Crippen LogP contribution in [0.25, 0.3) is 11.6 Å². The van der Waals surface area contributed by atoms with Crippen LogP contribution in [0.5, 0.6) is 0 Å². The fraction of sp³-hybridized carbons (Fsp3) is 0.100. The van der Waals surface area contributed by atoms with E-state index in [1.807, 2.05) is 23.6 Å². The van der Waals surface area contributed by atoms with Gasteiger partial charge in [-0.25, -0.2) is 0 Å². The molecular weight excluding hydrogens is 207 g/mol. The number of carboxylic acid groups (broad SMARTS) is 1. The van der Waals surface area contributed by atoms with Gasteiger partial charge in [-0.05, 0) is 41.2 Å². The average molecular weight is 214 g/mol. The Kier molecular flexibility index (Phi) is 4.13. The Balaban J connectivity index is 0.000000980. The molecule has 2 rings (SSSR count). The number of thiophene rings is 1. The Morgan fingerprint density at radius 2 is 2.36 bits per heavy atom. The van der Waals surface area contributed by atoms with Crippen molar-refractivity contribution in [1.82, 2.24) is 0 Å².